The fraction of sp³-hybridized carbons (Fsp3) is 0.840. The lowest BCUT2D eigenvalue weighted by Crippen LogP contribution is -2.22. The van der Waals surface area contributed by atoms with Crippen LogP contribution in [0.3, 0.4) is 0 Å². The van der Waals surface area contributed by atoms with Gasteiger partial charge in [0.05, 0.1) is 12.2 Å². The number of rotatable bonds is 12. The molecule has 3 rings (SSSR count). The maximum absolute atomic E-state index is 10.6. The molecule has 0 bridgehead atoms. The lowest BCUT2D eigenvalue weighted by molar-refractivity contribution is 0.120. The first-order valence-corrected chi connectivity index (χ1v) is 12.2. The Hall–Kier alpha value is -0.680. The average Bonchev–Trinajstić information content (AvgIpc) is 3.25. The standard InChI is InChI=1S/C25H43NO3/c27-15-7-14-26-13-6-2-3-8-19-16-21-18-25(29)22(23(21)17-19)11-12-24(28)20-9-4-1-5-10-20/h11-12,16,20-29H,1-10,13-15,17-18H2/t21-,22+,23-,24+,25+/m0/s1. The van der Waals surface area contributed by atoms with Gasteiger partial charge in [-0.2, -0.15) is 0 Å². The Balaban J connectivity index is 1.37. The van der Waals surface area contributed by atoms with Crippen LogP contribution in [0.4, 0.5) is 0 Å². The molecule has 0 aliphatic heterocycles. The molecule has 166 valence electrons. The number of unbranched alkanes of at least 4 members (excludes halogenated alkanes) is 2. The molecule has 2 saturated carbocycles. The maximum atomic E-state index is 10.6. The number of aliphatic hydroxyl groups is 3. The van der Waals surface area contributed by atoms with Gasteiger partial charge in [0.15, 0.2) is 0 Å². The molecule has 0 unspecified atom stereocenters. The average molecular weight is 406 g/mol. The summed E-state index contributed by atoms with van der Waals surface area (Å²) in [4.78, 5) is 0. The third-order valence-corrected chi connectivity index (χ3v) is 7.48. The van der Waals surface area contributed by atoms with Crippen molar-refractivity contribution in [2.24, 2.45) is 23.7 Å². The van der Waals surface area contributed by atoms with Crippen molar-refractivity contribution in [2.45, 2.75) is 89.3 Å². The van der Waals surface area contributed by atoms with Gasteiger partial charge in [-0.15, -0.1) is 0 Å². The summed E-state index contributed by atoms with van der Waals surface area (Å²) in [6, 6.07) is 0. The van der Waals surface area contributed by atoms with Crippen molar-refractivity contribution < 1.29 is 15.3 Å². The maximum Gasteiger partial charge on any atom is 0.0749 e. The van der Waals surface area contributed by atoms with E-state index in [1.54, 1.807) is 5.57 Å². The fourth-order valence-electron chi connectivity index (χ4n) is 5.77. The number of allylic oxidation sites excluding steroid dienone is 2. The van der Waals surface area contributed by atoms with E-state index in [0.29, 0.717) is 17.8 Å². The molecule has 3 aliphatic rings. The van der Waals surface area contributed by atoms with Gasteiger partial charge in [-0.3, -0.25) is 0 Å². The van der Waals surface area contributed by atoms with Crippen molar-refractivity contribution in [3.63, 3.8) is 0 Å². The summed E-state index contributed by atoms with van der Waals surface area (Å²) in [5.74, 6) is 1.70. The van der Waals surface area contributed by atoms with Crippen molar-refractivity contribution >= 4 is 0 Å². The van der Waals surface area contributed by atoms with E-state index in [1.807, 2.05) is 6.08 Å². The molecule has 4 heteroatoms. The highest BCUT2D eigenvalue weighted by Gasteiger charge is 2.43. The molecule has 29 heavy (non-hydrogen) atoms. The third-order valence-electron chi connectivity index (χ3n) is 7.48. The molecule has 0 spiro atoms. The number of fused-ring (bicyclic) bond motifs is 1. The molecule has 0 aromatic rings. The van der Waals surface area contributed by atoms with Crippen LogP contribution in [-0.2, 0) is 0 Å². The molecule has 3 aliphatic carbocycles. The highest BCUT2D eigenvalue weighted by Crippen LogP contribution is 2.48. The summed E-state index contributed by atoms with van der Waals surface area (Å²) in [6.07, 6.45) is 19.9. The van der Waals surface area contributed by atoms with Gasteiger partial charge in [-0.25, -0.2) is 0 Å². The minimum atomic E-state index is -0.332. The Labute approximate surface area is 177 Å². The summed E-state index contributed by atoms with van der Waals surface area (Å²) >= 11 is 0. The molecule has 5 atom stereocenters. The molecule has 4 N–H and O–H groups in total. The monoisotopic (exact) mass is 405 g/mol. The molecule has 0 saturated heterocycles. The van der Waals surface area contributed by atoms with Crippen LogP contribution < -0.4 is 5.32 Å². The van der Waals surface area contributed by atoms with Gasteiger partial charge in [0, 0.05) is 12.5 Å². The Morgan fingerprint density at radius 1 is 1.07 bits per heavy atom. The first-order valence-electron chi connectivity index (χ1n) is 12.2. The van der Waals surface area contributed by atoms with Crippen molar-refractivity contribution in [3.8, 4) is 0 Å². The summed E-state index contributed by atoms with van der Waals surface area (Å²) in [5.41, 5.74) is 1.59. The van der Waals surface area contributed by atoms with E-state index < -0.39 is 0 Å². The van der Waals surface area contributed by atoms with Crippen LogP contribution in [0.5, 0.6) is 0 Å². The second-order valence-electron chi connectivity index (χ2n) is 9.65. The normalized spacial score (nSPS) is 31.3. The molecule has 0 aromatic heterocycles. The van der Waals surface area contributed by atoms with E-state index in [0.717, 1.165) is 45.2 Å². The summed E-state index contributed by atoms with van der Waals surface area (Å²) < 4.78 is 0. The number of nitrogens with one attached hydrogen (secondary N) is 1. The van der Waals surface area contributed by atoms with Crippen LogP contribution in [0, 0.1) is 23.7 Å². The van der Waals surface area contributed by atoms with Crippen molar-refractivity contribution in [2.75, 3.05) is 19.7 Å². The molecular weight excluding hydrogens is 362 g/mol. The summed E-state index contributed by atoms with van der Waals surface area (Å²) in [6.45, 7) is 2.23. The number of aliphatic hydroxyl groups excluding tert-OH is 3. The van der Waals surface area contributed by atoms with E-state index in [1.165, 1.54) is 44.9 Å². The molecular formula is C25H43NO3. The van der Waals surface area contributed by atoms with Crippen molar-refractivity contribution in [1.29, 1.82) is 0 Å². The smallest absolute Gasteiger partial charge is 0.0749 e. The number of hydrogen-bond donors (Lipinski definition) is 4. The predicted molar refractivity (Wildman–Crippen MR) is 119 cm³/mol. The summed E-state index contributed by atoms with van der Waals surface area (Å²) in [7, 11) is 0. The van der Waals surface area contributed by atoms with Gasteiger partial charge in [0.2, 0.25) is 0 Å². The third kappa shape index (κ3) is 6.92. The Bertz CT molecular complexity index is 526. The second-order valence-corrected chi connectivity index (χ2v) is 9.65. The van der Waals surface area contributed by atoms with Crippen LogP contribution in [-0.4, -0.2) is 47.2 Å². The van der Waals surface area contributed by atoms with Gasteiger partial charge >= 0.3 is 0 Å². The molecule has 4 nitrogen and oxygen atoms in total. The zero-order chi connectivity index (χ0) is 20.5. The fourth-order valence-corrected chi connectivity index (χ4v) is 5.77. The summed E-state index contributed by atoms with van der Waals surface area (Å²) in [5, 5.41) is 33.3. The van der Waals surface area contributed by atoms with Crippen molar-refractivity contribution in [1.82, 2.24) is 5.32 Å². The minimum absolute atomic E-state index is 0.211. The van der Waals surface area contributed by atoms with Gasteiger partial charge < -0.3 is 20.6 Å². The lowest BCUT2D eigenvalue weighted by atomic mass is 9.83. The van der Waals surface area contributed by atoms with Crippen LogP contribution in [0.1, 0.15) is 77.0 Å². The Morgan fingerprint density at radius 3 is 2.66 bits per heavy atom. The van der Waals surface area contributed by atoms with Crippen LogP contribution >= 0.6 is 0 Å². The van der Waals surface area contributed by atoms with Gasteiger partial charge in [-0.1, -0.05) is 49.5 Å². The van der Waals surface area contributed by atoms with E-state index in [9.17, 15) is 10.2 Å². The molecule has 0 amide bonds. The first kappa shape index (κ1) is 23.0. The van der Waals surface area contributed by atoms with Crippen LogP contribution in [0.15, 0.2) is 23.8 Å². The molecule has 0 radical (unpaired) electrons. The van der Waals surface area contributed by atoms with Gasteiger partial charge in [-0.05, 0) is 82.2 Å². The molecule has 0 heterocycles. The second kappa shape index (κ2) is 12.2. The number of hydrogen-bond acceptors (Lipinski definition) is 4. The quantitative estimate of drug-likeness (QED) is 0.293. The van der Waals surface area contributed by atoms with Crippen molar-refractivity contribution in [3.05, 3.63) is 23.8 Å². The van der Waals surface area contributed by atoms with Gasteiger partial charge in [0.1, 0.15) is 0 Å². The van der Waals surface area contributed by atoms with Crippen LogP contribution in [0.25, 0.3) is 0 Å². The minimum Gasteiger partial charge on any atom is -0.396 e. The van der Waals surface area contributed by atoms with E-state index in [2.05, 4.69) is 17.5 Å². The molecule has 0 aromatic carbocycles. The topological polar surface area (TPSA) is 72.7 Å². The Morgan fingerprint density at radius 2 is 1.86 bits per heavy atom. The highest BCUT2D eigenvalue weighted by molar-refractivity contribution is 5.21. The largest absolute Gasteiger partial charge is 0.396 e. The predicted octanol–water partition coefficient (Wildman–Crippen LogP) is 3.96. The Kier molecular flexibility index (Phi) is 9.71. The van der Waals surface area contributed by atoms with E-state index in [-0.39, 0.29) is 24.7 Å². The zero-order valence-electron chi connectivity index (χ0n) is 18.1. The first-order chi connectivity index (χ1) is 14.2. The van der Waals surface area contributed by atoms with E-state index >= 15 is 0 Å². The van der Waals surface area contributed by atoms with Crippen LogP contribution in [0.2, 0.25) is 0 Å². The SMILES string of the molecule is OCCCNCCCCCC1=C[C@H]2C[C@@H](O)[C@H](C=C[C@@H](O)C3CCCCC3)[C@H]2C1. The van der Waals surface area contributed by atoms with E-state index in [4.69, 9.17) is 5.11 Å². The lowest BCUT2D eigenvalue weighted by Gasteiger charge is -2.25. The highest BCUT2D eigenvalue weighted by atomic mass is 16.3. The zero-order valence-corrected chi connectivity index (χ0v) is 18.1. The molecule has 2 fully saturated rings. The van der Waals surface area contributed by atoms with Gasteiger partial charge in [0.25, 0.3) is 0 Å².